The number of rotatable bonds is 4. The number of anilines is 1. The summed E-state index contributed by atoms with van der Waals surface area (Å²) < 4.78 is 1.26. The molecule has 2 aromatic heterocycles. The van der Waals surface area contributed by atoms with Crippen molar-refractivity contribution < 1.29 is 19.2 Å². The summed E-state index contributed by atoms with van der Waals surface area (Å²) >= 11 is 0. The van der Waals surface area contributed by atoms with E-state index in [1.807, 2.05) is 30.3 Å². The number of carbonyl (C=O) groups is 4. The van der Waals surface area contributed by atoms with E-state index in [0.717, 1.165) is 5.56 Å². The molecule has 46 heavy (non-hydrogen) atoms. The number of pyridine rings is 1. The molecule has 0 unspecified atom stereocenters. The highest BCUT2D eigenvalue weighted by Gasteiger charge is 2.24. The summed E-state index contributed by atoms with van der Waals surface area (Å²) in [6, 6.07) is 18.6. The Bertz CT molecular complexity index is 1760. The zero-order valence-electron chi connectivity index (χ0n) is 25.3. The molecule has 0 aliphatic carbocycles. The average molecular weight is 625 g/mol. The zero-order chi connectivity index (χ0) is 32.3. The van der Waals surface area contributed by atoms with Crippen LogP contribution >= 0.6 is 0 Å². The fourth-order valence-corrected chi connectivity index (χ4v) is 5.15. The number of nitrogens with zero attached hydrogens (tertiary/aromatic N) is 4. The molecule has 1 atom stereocenters. The van der Waals surface area contributed by atoms with Crippen molar-refractivity contribution in [1.82, 2.24) is 35.4 Å². The minimum atomic E-state index is -0.913. The lowest BCUT2D eigenvalue weighted by Crippen LogP contribution is -2.50. The van der Waals surface area contributed by atoms with E-state index in [4.69, 9.17) is 0 Å². The quantitative estimate of drug-likeness (QED) is 0.262. The number of aromatic nitrogens is 3. The Hall–Kier alpha value is -5.59. The fourth-order valence-electron chi connectivity index (χ4n) is 5.15. The lowest BCUT2D eigenvalue weighted by atomic mass is 10.0. The van der Waals surface area contributed by atoms with Crippen molar-refractivity contribution in [2.45, 2.75) is 31.8 Å². The van der Waals surface area contributed by atoms with Gasteiger partial charge in [0.15, 0.2) is 0 Å². The number of amides is 4. The molecular weight excluding hydrogens is 588 g/mol. The minimum absolute atomic E-state index is 0.0838. The van der Waals surface area contributed by atoms with E-state index < -0.39 is 17.9 Å². The number of benzene rings is 2. The third-order valence-electron chi connectivity index (χ3n) is 7.58. The van der Waals surface area contributed by atoms with Gasteiger partial charge in [-0.1, -0.05) is 42.5 Å². The van der Waals surface area contributed by atoms with Crippen molar-refractivity contribution >= 4 is 40.2 Å². The molecule has 0 saturated heterocycles. The first-order valence-corrected chi connectivity index (χ1v) is 15.2. The summed E-state index contributed by atoms with van der Waals surface area (Å²) in [4.78, 5) is 75.6. The van der Waals surface area contributed by atoms with Gasteiger partial charge in [0.25, 0.3) is 11.5 Å². The number of hydrogen-bond donors (Lipinski definition) is 4. The van der Waals surface area contributed by atoms with Crippen molar-refractivity contribution in [3.05, 3.63) is 101 Å². The van der Waals surface area contributed by atoms with Crippen molar-refractivity contribution in [2.24, 2.45) is 0 Å². The number of para-hydroxylation sites is 1. The van der Waals surface area contributed by atoms with Gasteiger partial charge in [-0.3, -0.25) is 33.5 Å². The Morgan fingerprint density at radius 1 is 0.848 bits per heavy atom. The number of carbonyl (C=O) groups excluding carboxylic acids is 4. The van der Waals surface area contributed by atoms with Crippen LogP contribution < -0.4 is 26.8 Å². The van der Waals surface area contributed by atoms with Gasteiger partial charge >= 0.3 is 0 Å². The molecule has 4 N–H and O–H groups in total. The predicted molar refractivity (Wildman–Crippen MR) is 172 cm³/mol. The molecular formula is C33H36N8O5. The van der Waals surface area contributed by atoms with Crippen LogP contribution in [0, 0.1) is 0 Å². The highest BCUT2D eigenvalue weighted by molar-refractivity contribution is 5.96. The van der Waals surface area contributed by atoms with Gasteiger partial charge in [-0.15, -0.1) is 0 Å². The van der Waals surface area contributed by atoms with Crippen molar-refractivity contribution in [1.29, 1.82) is 0 Å². The monoisotopic (exact) mass is 624 g/mol. The average Bonchev–Trinajstić information content (AvgIpc) is 3.07. The zero-order valence-corrected chi connectivity index (χ0v) is 25.3. The summed E-state index contributed by atoms with van der Waals surface area (Å²) in [6.45, 7) is 0.955. The molecule has 13 heteroatoms. The first kappa shape index (κ1) is 31.8. The summed E-state index contributed by atoms with van der Waals surface area (Å²) in [5.74, 6) is -1.47. The standard InChI is InChI=1S/C33H36N8O5/c42-29-11-6-17-40(30(43)21-41-22-38-26-10-5-4-9-25(26)33(41)46)18-16-37-31(44)28(19-23-7-2-1-3-8-23)39-32(45)27-20-24(12-13-35-27)34-14-15-36-29/h1-5,7-10,12-13,20,22,28,34H,6,11,14-19,21H2,(H,36,42)(H,37,44)(H,39,45)/t28-/m0/s1. The highest BCUT2D eigenvalue weighted by atomic mass is 16.2. The van der Waals surface area contributed by atoms with Gasteiger partial charge in [-0.25, -0.2) is 4.98 Å². The fraction of sp³-hybridized carbons (Fsp3) is 0.303. The van der Waals surface area contributed by atoms with Crippen LogP contribution in [-0.4, -0.2) is 81.8 Å². The van der Waals surface area contributed by atoms with E-state index in [-0.39, 0.29) is 62.1 Å². The second-order valence-electron chi connectivity index (χ2n) is 10.9. The van der Waals surface area contributed by atoms with Crippen LogP contribution in [0.25, 0.3) is 10.9 Å². The van der Waals surface area contributed by atoms with Gasteiger partial charge in [0.2, 0.25) is 17.7 Å². The Morgan fingerprint density at radius 3 is 2.48 bits per heavy atom. The van der Waals surface area contributed by atoms with E-state index in [9.17, 15) is 24.0 Å². The smallest absolute Gasteiger partial charge is 0.270 e. The third-order valence-corrected chi connectivity index (χ3v) is 7.58. The van der Waals surface area contributed by atoms with E-state index in [1.54, 1.807) is 36.4 Å². The van der Waals surface area contributed by atoms with E-state index in [0.29, 0.717) is 36.1 Å². The lowest BCUT2D eigenvalue weighted by molar-refractivity contribution is -0.133. The van der Waals surface area contributed by atoms with Crippen molar-refractivity contribution in [2.75, 3.05) is 38.0 Å². The molecule has 0 radical (unpaired) electrons. The summed E-state index contributed by atoms with van der Waals surface area (Å²) in [5, 5.41) is 12.1. The third kappa shape index (κ3) is 8.52. The maximum atomic E-state index is 13.5. The molecule has 0 fully saturated rings. The lowest BCUT2D eigenvalue weighted by Gasteiger charge is -2.24. The van der Waals surface area contributed by atoms with Crippen LogP contribution in [-0.2, 0) is 27.3 Å². The SMILES string of the molecule is O=C1CCCN(C(=O)Cn2cnc3ccccc3c2=O)CCNC(=O)[C@H](Cc2ccccc2)NC(=O)c2cc(ccn2)NCCN1. The molecule has 0 spiro atoms. The van der Waals surface area contributed by atoms with Crippen molar-refractivity contribution in [3.63, 3.8) is 0 Å². The topological polar surface area (TPSA) is 167 Å². The molecule has 3 heterocycles. The molecule has 238 valence electrons. The first-order valence-electron chi connectivity index (χ1n) is 15.2. The molecule has 13 nitrogen and oxygen atoms in total. The normalized spacial score (nSPS) is 17.0. The molecule has 4 aromatic rings. The van der Waals surface area contributed by atoms with Gasteiger partial charge in [-0.05, 0) is 36.2 Å². The Morgan fingerprint density at radius 2 is 1.63 bits per heavy atom. The summed E-state index contributed by atoms with van der Waals surface area (Å²) in [6.07, 6.45) is 3.65. The molecule has 1 aliphatic heterocycles. The number of nitrogens with one attached hydrogen (secondary N) is 4. The summed E-state index contributed by atoms with van der Waals surface area (Å²) in [7, 11) is 0. The van der Waals surface area contributed by atoms with Crippen LogP contribution in [0.15, 0.2) is 84.0 Å². The molecule has 4 amide bonds. The van der Waals surface area contributed by atoms with Crippen LogP contribution in [0.1, 0.15) is 28.9 Å². The van der Waals surface area contributed by atoms with E-state index >= 15 is 0 Å². The van der Waals surface area contributed by atoms with E-state index in [1.165, 1.54) is 22.0 Å². The van der Waals surface area contributed by atoms with Gasteiger partial charge in [0, 0.05) is 57.4 Å². The Balaban J connectivity index is 1.33. The second-order valence-corrected chi connectivity index (χ2v) is 10.9. The van der Waals surface area contributed by atoms with Gasteiger partial charge in [0.05, 0.1) is 17.2 Å². The maximum Gasteiger partial charge on any atom is 0.270 e. The second kappa shape index (κ2) is 15.4. The Kier molecular flexibility index (Phi) is 10.7. The number of fused-ring (bicyclic) bond motifs is 3. The van der Waals surface area contributed by atoms with Gasteiger partial charge in [-0.2, -0.15) is 0 Å². The van der Waals surface area contributed by atoms with E-state index in [2.05, 4.69) is 31.2 Å². The van der Waals surface area contributed by atoms with Crippen LogP contribution in [0.4, 0.5) is 5.69 Å². The maximum absolute atomic E-state index is 13.5. The molecule has 2 aromatic carbocycles. The van der Waals surface area contributed by atoms with Crippen molar-refractivity contribution in [3.8, 4) is 0 Å². The van der Waals surface area contributed by atoms with Crippen LogP contribution in [0.3, 0.4) is 0 Å². The molecule has 5 rings (SSSR count). The molecule has 2 bridgehead atoms. The van der Waals surface area contributed by atoms with Crippen LogP contribution in [0.2, 0.25) is 0 Å². The minimum Gasteiger partial charge on any atom is -0.383 e. The largest absolute Gasteiger partial charge is 0.383 e. The van der Waals surface area contributed by atoms with Gasteiger partial charge in [0.1, 0.15) is 18.3 Å². The summed E-state index contributed by atoms with van der Waals surface area (Å²) in [5.41, 5.74) is 1.83. The van der Waals surface area contributed by atoms with Crippen LogP contribution in [0.5, 0.6) is 0 Å². The predicted octanol–water partition coefficient (Wildman–Crippen LogP) is 1.10. The Labute approximate surface area is 265 Å². The number of hydrogen-bond acceptors (Lipinski definition) is 8. The molecule has 0 saturated carbocycles. The van der Waals surface area contributed by atoms with Gasteiger partial charge < -0.3 is 26.2 Å². The molecule has 1 aliphatic rings. The highest BCUT2D eigenvalue weighted by Crippen LogP contribution is 2.10. The first-order chi connectivity index (χ1) is 22.4.